The summed E-state index contributed by atoms with van der Waals surface area (Å²) in [7, 11) is 0. The first kappa shape index (κ1) is 13.4. The third kappa shape index (κ3) is 3.74. The maximum Gasteiger partial charge on any atom is 0.115 e. The number of hydrogen-bond acceptors (Lipinski definition) is 2. The molecule has 2 nitrogen and oxygen atoms in total. The fraction of sp³-hybridized carbons (Fsp3) is 0.625. The average molecular weight is 247 g/mol. The summed E-state index contributed by atoms with van der Waals surface area (Å²) in [6.07, 6.45) is 7.72. The maximum absolute atomic E-state index is 9.55. The summed E-state index contributed by atoms with van der Waals surface area (Å²) in [6.45, 7) is 3.31. The van der Waals surface area contributed by atoms with Gasteiger partial charge in [-0.15, -0.1) is 0 Å². The van der Waals surface area contributed by atoms with Crippen molar-refractivity contribution in [3.63, 3.8) is 0 Å². The molecule has 2 heteroatoms. The molecule has 0 amide bonds. The molecular formula is C16H25NO. The van der Waals surface area contributed by atoms with Gasteiger partial charge < -0.3 is 10.4 Å². The van der Waals surface area contributed by atoms with Crippen LogP contribution in [0.5, 0.6) is 5.75 Å². The lowest BCUT2D eigenvalue weighted by Crippen LogP contribution is -2.37. The Labute approximate surface area is 110 Å². The third-order valence-electron chi connectivity index (χ3n) is 3.99. The highest BCUT2D eigenvalue weighted by Gasteiger charge is 2.24. The first-order chi connectivity index (χ1) is 8.79. The fourth-order valence-corrected chi connectivity index (χ4v) is 3.03. The summed E-state index contributed by atoms with van der Waals surface area (Å²) in [6, 6.07) is 8.28. The van der Waals surface area contributed by atoms with E-state index in [2.05, 4.69) is 18.3 Å². The first-order valence-corrected chi connectivity index (χ1v) is 7.31. The van der Waals surface area contributed by atoms with Gasteiger partial charge in [-0.1, -0.05) is 31.9 Å². The van der Waals surface area contributed by atoms with E-state index in [-0.39, 0.29) is 0 Å². The second-order valence-electron chi connectivity index (χ2n) is 5.48. The molecule has 0 aliphatic heterocycles. The van der Waals surface area contributed by atoms with Gasteiger partial charge in [-0.25, -0.2) is 0 Å². The van der Waals surface area contributed by atoms with E-state index in [1.54, 1.807) is 6.07 Å². The van der Waals surface area contributed by atoms with E-state index < -0.39 is 0 Å². The van der Waals surface area contributed by atoms with E-state index in [0.717, 1.165) is 18.9 Å². The largest absolute Gasteiger partial charge is 0.508 e. The van der Waals surface area contributed by atoms with Crippen LogP contribution < -0.4 is 5.32 Å². The normalized spacial score (nSPS) is 18.1. The summed E-state index contributed by atoms with van der Waals surface area (Å²) < 4.78 is 0. The van der Waals surface area contributed by atoms with Gasteiger partial charge >= 0.3 is 0 Å². The van der Waals surface area contributed by atoms with Crippen molar-refractivity contribution < 1.29 is 5.11 Å². The Morgan fingerprint density at radius 2 is 2.11 bits per heavy atom. The Balaban J connectivity index is 1.99. The van der Waals surface area contributed by atoms with Crippen molar-refractivity contribution in [3.8, 4) is 5.75 Å². The maximum atomic E-state index is 9.55. The van der Waals surface area contributed by atoms with Gasteiger partial charge in [-0.3, -0.25) is 0 Å². The lowest BCUT2D eigenvalue weighted by molar-refractivity contribution is 0.356. The summed E-state index contributed by atoms with van der Waals surface area (Å²) in [5.41, 5.74) is 1.25. The molecule has 100 valence electrons. The van der Waals surface area contributed by atoms with Crippen LogP contribution >= 0.6 is 0 Å². The predicted octanol–water partition coefficient (Wildman–Crippen LogP) is 3.49. The van der Waals surface area contributed by atoms with Crippen molar-refractivity contribution >= 4 is 0 Å². The summed E-state index contributed by atoms with van der Waals surface area (Å²) in [5.74, 6) is 1.20. The standard InChI is InChI=1S/C16H25NO/c1-2-10-17-16(14-7-3-4-8-14)12-13-6-5-9-15(18)11-13/h5-6,9,11,14,16-18H,2-4,7-8,10,12H2,1H3. The summed E-state index contributed by atoms with van der Waals surface area (Å²) in [4.78, 5) is 0. The van der Waals surface area contributed by atoms with Gasteiger partial charge in [0.25, 0.3) is 0 Å². The van der Waals surface area contributed by atoms with Crippen LogP contribution in [0.2, 0.25) is 0 Å². The van der Waals surface area contributed by atoms with Crippen LogP contribution in [0.25, 0.3) is 0 Å². The molecular weight excluding hydrogens is 222 g/mol. The molecule has 0 spiro atoms. The van der Waals surface area contributed by atoms with Gasteiger partial charge in [-0.2, -0.15) is 0 Å². The highest BCUT2D eigenvalue weighted by molar-refractivity contribution is 5.27. The molecule has 1 aromatic rings. The molecule has 0 bridgehead atoms. The van der Waals surface area contributed by atoms with E-state index in [1.807, 2.05) is 12.1 Å². The SMILES string of the molecule is CCCNC(Cc1cccc(O)c1)C1CCCC1. The Morgan fingerprint density at radius 3 is 2.78 bits per heavy atom. The monoisotopic (exact) mass is 247 g/mol. The molecule has 0 aromatic heterocycles. The molecule has 1 aliphatic rings. The number of rotatable bonds is 6. The zero-order valence-electron chi connectivity index (χ0n) is 11.4. The van der Waals surface area contributed by atoms with Crippen LogP contribution in [0, 0.1) is 5.92 Å². The van der Waals surface area contributed by atoms with Gasteiger partial charge in [0, 0.05) is 6.04 Å². The van der Waals surface area contributed by atoms with Gasteiger partial charge in [0.2, 0.25) is 0 Å². The molecule has 0 radical (unpaired) electrons. The van der Waals surface area contributed by atoms with Crippen LogP contribution in [0.1, 0.15) is 44.6 Å². The van der Waals surface area contributed by atoms with E-state index in [4.69, 9.17) is 0 Å². The Hall–Kier alpha value is -1.02. The highest BCUT2D eigenvalue weighted by atomic mass is 16.3. The van der Waals surface area contributed by atoms with Crippen LogP contribution in [-0.4, -0.2) is 17.7 Å². The Kier molecular flexibility index (Phi) is 5.06. The lowest BCUT2D eigenvalue weighted by Gasteiger charge is -2.25. The first-order valence-electron chi connectivity index (χ1n) is 7.31. The van der Waals surface area contributed by atoms with Gasteiger partial charge in [0.15, 0.2) is 0 Å². The molecule has 2 rings (SSSR count). The summed E-state index contributed by atoms with van der Waals surface area (Å²) in [5, 5.41) is 13.2. The van der Waals surface area contributed by atoms with E-state index >= 15 is 0 Å². The minimum absolute atomic E-state index is 0.383. The van der Waals surface area contributed by atoms with Gasteiger partial charge in [0.05, 0.1) is 0 Å². The van der Waals surface area contributed by atoms with Crippen molar-refractivity contribution in [2.45, 2.75) is 51.5 Å². The molecule has 1 unspecified atom stereocenters. The van der Waals surface area contributed by atoms with Crippen molar-refractivity contribution in [3.05, 3.63) is 29.8 Å². The van der Waals surface area contributed by atoms with Crippen LogP contribution in [0.4, 0.5) is 0 Å². The minimum Gasteiger partial charge on any atom is -0.508 e. The number of aromatic hydroxyl groups is 1. The van der Waals surface area contributed by atoms with Crippen LogP contribution in [0.3, 0.4) is 0 Å². The average Bonchev–Trinajstić information content (AvgIpc) is 2.88. The minimum atomic E-state index is 0.383. The topological polar surface area (TPSA) is 32.3 Å². The fourth-order valence-electron chi connectivity index (χ4n) is 3.03. The molecule has 0 heterocycles. The Morgan fingerprint density at radius 1 is 1.33 bits per heavy atom. The number of nitrogens with one attached hydrogen (secondary N) is 1. The zero-order chi connectivity index (χ0) is 12.8. The smallest absolute Gasteiger partial charge is 0.115 e. The second-order valence-corrected chi connectivity index (χ2v) is 5.48. The van der Waals surface area contributed by atoms with Crippen molar-refractivity contribution in [2.75, 3.05) is 6.54 Å². The van der Waals surface area contributed by atoms with Crippen LogP contribution in [0.15, 0.2) is 24.3 Å². The highest BCUT2D eigenvalue weighted by Crippen LogP contribution is 2.29. The molecule has 1 aliphatic carbocycles. The molecule has 1 saturated carbocycles. The van der Waals surface area contributed by atoms with Crippen molar-refractivity contribution in [1.29, 1.82) is 0 Å². The van der Waals surface area contributed by atoms with Gasteiger partial charge in [0.1, 0.15) is 5.75 Å². The van der Waals surface area contributed by atoms with Crippen LogP contribution in [-0.2, 0) is 6.42 Å². The quantitative estimate of drug-likeness (QED) is 0.806. The van der Waals surface area contributed by atoms with E-state index in [9.17, 15) is 5.11 Å². The summed E-state index contributed by atoms with van der Waals surface area (Å²) >= 11 is 0. The number of hydrogen-bond donors (Lipinski definition) is 2. The van der Waals surface area contributed by atoms with E-state index in [1.165, 1.54) is 37.7 Å². The molecule has 2 N–H and O–H groups in total. The third-order valence-corrected chi connectivity index (χ3v) is 3.99. The molecule has 18 heavy (non-hydrogen) atoms. The number of benzene rings is 1. The number of phenols is 1. The van der Waals surface area contributed by atoms with Gasteiger partial charge in [-0.05, 0) is 55.8 Å². The number of phenolic OH excluding ortho intramolecular Hbond substituents is 1. The molecule has 1 fully saturated rings. The van der Waals surface area contributed by atoms with Crippen molar-refractivity contribution in [1.82, 2.24) is 5.32 Å². The Bertz CT molecular complexity index is 358. The zero-order valence-corrected chi connectivity index (χ0v) is 11.4. The van der Waals surface area contributed by atoms with E-state index in [0.29, 0.717) is 11.8 Å². The lowest BCUT2D eigenvalue weighted by atomic mass is 9.92. The second kappa shape index (κ2) is 6.79. The van der Waals surface area contributed by atoms with Crippen molar-refractivity contribution in [2.24, 2.45) is 5.92 Å². The molecule has 1 atom stereocenters. The molecule has 0 saturated heterocycles. The molecule has 1 aromatic carbocycles. The predicted molar refractivity (Wildman–Crippen MR) is 75.9 cm³/mol.